The maximum Gasteiger partial charge on any atom is 0.348 e. The largest absolute Gasteiger partial charge is 0.465 e. The van der Waals surface area contributed by atoms with Crippen molar-refractivity contribution in [3.8, 4) is 0 Å². The second kappa shape index (κ2) is 7.31. The Morgan fingerprint density at radius 2 is 1.41 bits per heavy atom. The lowest BCUT2D eigenvalue weighted by atomic mass is 10.1. The van der Waals surface area contributed by atoms with Crippen LogP contribution in [0.5, 0.6) is 0 Å². The summed E-state index contributed by atoms with van der Waals surface area (Å²) in [6.07, 6.45) is 0. The Kier molecular flexibility index (Phi) is 5.49. The molecule has 0 aliphatic carbocycles. The van der Waals surface area contributed by atoms with E-state index in [1.54, 1.807) is 0 Å². The third kappa shape index (κ3) is 3.35. The Bertz CT molecular complexity index is 960. The molecule has 144 valence electrons. The molecule has 0 bridgehead atoms. The van der Waals surface area contributed by atoms with Gasteiger partial charge in [0.05, 0.1) is 12.7 Å². The zero-order chi connectivity index (χ0) is 20.6. The third-order valence-electron chi connectivity index (χ3n) is 3.43. The number of amides is 2. The topological polar surface area (TPSA) is 98.5 Å². The monoisotopic (exact) mass is 408 g/mol. The molecule has 12 heteroatoms. The van der Waals surface area contributed by atoms with Gasteiger partial charge in [0.25, 0.3) is 11.8 Å². The van der Waals surface area contributed by atoms with E-state index in [0.717, 1.165) is 7.11 Å². The average Bonchev–Trinajstić information content (AvgIpc) is 2.93. The Morgan fingerprint density at radius 3 is 1.85 bits per heavy atom. The van der Waals surface area contributed by atoms with E-state index < -0.39 is 57.4 Å². The third-order valence-corrected chi connectivity index (χ3v) is 4.62. The number of benzene rings is 1. The molecule has 1 aromatic heterocycles. The van der Waals surface area contributed by atoms with Crippen LogP contribution in [0.1, 0.15) is 36.0 Å². The summed E-state index contributed by atoms with van der Waals surface area (Å²) in [6, 6.07) is 0. The SMILES string of the molecule is COC(=O)c1sc(NC(=O)c2c(F)c(F)c(F)c(F)c2F)c(C(N)=O)c1C. The number of hydrogen-bond donors (Lipinski definition) is 2. The van der Waals surface area contributed by atoms with Crippen molar-refractivity contribution in [3.63, 3.8) is 0 Å². The highest BCUT2D eigenvalue weighted by molar-refractivity contribution is 7.18. The minimum absolute atomic E-state index is 0.00654. The van der Waals surface area contributed by atoms with Crippen molar-refractivity contribution in [2.45, 2.75) is 6.92 Å². The van der Waals surface area contributed by atoms with E-state index in [4.69, 9.17) is 5.73 Å². The van der Waals surface area contributed by atoms with Crippen molar-refractivity contribution >= 4 is 34.1 Å². The number of carbonyl (C=O) groups excluding carboxylic acids is 3. The molecular formula is C15H9F5N2O4S. The van der Waals surface area contributed by atoms with Gasteiger partial charge in [-0.3, -0.25) is 9.59 Å². The predicted octanol–water partition coefficient (Wildman–Crippen LogP) is 2.89. The molecule has 1 heterocycles. The van der Waals surface area contributed by atoms with Gasteiger partial charge >= 0.3 is 5.97 Å². The summed E-state index contributed by atoms with van der Waals surface area (Å²) in [7, 11) is 1.04. The van der Waals surface area contributed by atoms with Crippen molar-refractivity contribution in [2.24, 2.45) is 5.73 Å². The summed E-state index contributed by atoms with van der Waals surface area (Å²) in [5.74, 6) is -15.5. The minimum Gasteiger partial charge on any atom is -0.465 e. The van der Waals surface area contributed by atoms with Gasteiger partial charge < -0.3 is 15.8 Å². The standard InChI is InChI=1S/C15H9F5N2O4S/c1-3-4(12(21)23)14(27-11(3)15(25)26-2)22-13(24)5-6(16)8(18)10(20)9(19)7(5)17/h1-2H3,(H2,21,23)(H,22,24). The number of anilines is 1. The Hall–Kier alpha value is -3.02. The van der Waals surface area contributed by atoms with Crippen LogP contribution >= 0.6 is 11.3 Å². The number of thiophene rings is 1. The van der Waals surface area contributed by atoms with Gasteiger partial charge in [-0.05, 0) is 12.5 Å². The second-order valence-electron chi connectivity index (χ2n) is 5.02. The molecule has 3 N–H and O–H groups in total. The number of nitrogens with two attached hydrogens (primary N) is 1. The number of hydrogen-bond acceptors (Lipinski definition) is 5. The lowest BCUT2D eigenvalue weighted by Gasteiger charge is -2.09. The molecule has 0 unspecified atom stereocenters. The number of primary amides is 1. The molecule has 27 heavy (non-hydrogen) atoms. The van der Waals surface area contributed by atoms with Crippen LogP contribution in [0.4, 0.5) is 27.0 Å². The zero-order valence-electron chi connectivity index (χ0n) is 13.5. The number of rotatable bonds is 4. The average molecular weight is 408 g/mol. The zero-order valence-corrected chi connectivity index (χ0v) is 14.3. The number of carbonyl (C=O) groups is 3. The first-order valence-electron chi connectivity index (χ1n) is 6.87. The number of nitrogens with one attached hydrogen (secondary N) is 1. The van der Waals surface area contributed by atoms with Crippen molar-refractivity contribution < 1.29 is 41.1 Å². The van der Waals surface area contributed by atoms with Gasteiger partial charge in [-0.1, -0.05) is 0 Å². The van der Waals surface area contributed by atoms with E-state index in [1.807, 2.05) is 5.32 Å². The summed E-state index contributed by atoms with van der Waals surface area (Å²) in [5.41, 5.74) is 3.03. The highest BCUT2D eigenvalue weighted by Gasteiger charge is 2.31. The maximum atomic E-state index is 13.7. The molecule has 0 aliphatic heterocycles. The van der Waals surface area contributed by atoms with Gasteiger partial charge in [0.2, 0.25) is 5.82 Å². The molecule has 0 radical (unpaired) electrons. The normalized spacial score (nSPS) is 10.6. The molecule has 0 spiro atoms. The highest BCUT2D eigenvalue weighted by atomic mass is 32.1. The number of ether oxygens (including phenoxy) is 1. The Morgan fingerprint density at radius 1 is 0.926 bits per heavy atom. The smallest absolute Gasteiger partial charge is 0.348 e. The first kappa shape index (κ1) is 20.3. The quantitative estimate of drug-likeness (QED) is 0.352. The van der Waals surface area contributed by atoms with Crippen molar-refractivity contribution in [1.82, 2.24) is 0 Å². The van der Waals surface area contributed by atoms with E-state index in [0.29, 0.717) is 11.3 Å². The van der Waals surface area contributed by atoms with Crippen LogP contribution in [0.25, 0.3) is 0 Å². The van der Waals surface area contributed by atoms with Gasteiger partial charge in [-0.15, -0.1) is 11.3 Å². The van der Waals surface area contributed by atoms with Gasteiger partial charge in [-0.25, -0.2) is 26.7 Å². The predicted molar refractivity (Wildman–Crippen MR) is 83.1 cm³/mol. The summed E-state index contributed by atoms with van der Waals surface area (Å²) in [5, 5.41) is 1.42. The molecular weight excluding hydrogens is 399 g/mol. The number of esters is 1. The second-order valence-corrected chi connectivity index (χ2v) is 6.04. The number of halogens is 5. The van der Waals surface area contributed by atoms with E-state index in [-0.39, 0.29) is 16.0 Å². The van der Waals surface area contributed by atoms with Crippen LogP contribution < -0.4 is 11.1 Å². The minimum atomic E-state index is -2.43. The fourth-order valence-electron chi connectivity index (χ4n) is 2.16. The number of methoxy groups -OCH3 is 1. The van der Waals surface area contributed by atoms with E-state index in [9.17, 15) is 36.3 Å². The Labute approximate surface area is 151 Å². The van der Waals surface area contributed by atoms with Gasteiger partial charge in [0, 0.05) is 0 Å². The summed E-state index contributed by atoms with van der Waals surface area (Å²) in [4.78, 5) is 35.2. The summed E-state index contributed by atoms with van der Waals surface area (Å²) < 4.78 is 71.5. The molecule has 0 aliphatic rings. The molecule has 0 saturated heterocycles. The van der Waals surface area contributed by atoms with Crippen molar-refractivity contribution in [3.05, 3.63) is 50.7 Å². The molecule has 0 fully saturated rings. The van der Waals surface area contributed by atoms with Crippen LogP contribution in [0.3, 0.4) is 0 Å². The van der Waals surface area contributed by atoms with Crippen LogP contribution in [0.2, 0.25) is 0 Å². The Balaban J connectivity index is 2.57. The maximum absolute atomic E-state index is 13.7. The first-order chi connectivity index (χ1) is 12.5. The molecule has 6 nitrogen and oxygen atoms in total. The summed E-state index contributed by atoms with van der Waals surface area (Å²) in [6.45, 7) is 1.29. The molecule has 2 amide bonds. The lowest BCUT2D eigenvalue weighted by Crippen LogP contribution is -2.21. The van der Waals surface area contributed by atoms with E-state index >= 15 is 0 Å². The van der Waals surface area contributed by atoms with Crippen LogP contribution in [-0.4, -0.2) is 24.9 Å². The molecule has 0 saturated carbocycles. The van der Waals surface area contributed by atoms with Gasteiger partial charge in [0.1, 0.15) is 15.4 Å². The van der Waals surface area contributed by atoms with Gasteiger partial charge in [0.15, 0.2) is 23.3 Å². The van der Waals surface area contributed by atoms with E-state index in [2.05, 4.69) is 4.74 Å². The fraction of sp³-hybridized carbons (Fsp3) is 0.133. The molecule has 0 atom stereocenters. The molecule has 1 aromatic carbocycles. The van der Waals surface area contributed by atoms with Gasteiger partial charge in [-0.2, -0.15) is 0 Å². The first-order valence-corrected chi connectivity index (χ1v) is 7.68. The van der Waals surface area contributed by atoms with Crippen molar-refractivity contribution in [1.29, 1.82) is 0 Å². The summed E-state index contributed by atoms with van der Waals surface area (Å²) >= 11 is 0.480. The van der Waals surface area contributed by atoms with E-state index in [1.165, 1.54) is 6.92 Å². The van der Waals surface area contributed by atoms with Crippen LogP contribution in [-0.2, 0) is 4.74 Å². The van der Waals surface area contributed by atoms with Crippen LogP contribution in [0, 0.1) is 36.0 Å². The van der Waals surface area contributed by atoms with Crippen LogP contribution in [0.15, 0.2) is 0 Å². The lowest BCUT2D eigenvalue weighted by molar-refractivity contribution is 0.0605. The fourth-order valence-corrected chi connectivity index (χ4v) is 3.28. The molecule has 2 rings (SSSR count). The van der Waals surface area contributed by atoms with Crippen molar-refractivity contribution in [2.75, 3.05) is 12.4 Å². The highest BCUT2D eigenvalue weighted by Crippen LogP contribution is 2.34. The molecule has 2 aromatic rings.